The zero-order valence-corrected chi connectivity index (χ0v) is 15.7. The number of hydrogen-bond donors (Lipinski definition) is 1. The van der Waals surface area contributed by atoms with Gasteiger partial charge in [-0.15, -0.1) is 0 Å². The number of hydrogen-bond acceptors (Lipinski definition) is 7. The van der Waals surface area contributed by atoms with Crippen molar-refractivity contribution in [3.63, 3.8) is 0 Å². The van der Waals surface area contributed by atoms with Gasteiger partial charge < -0.3 is 19.4 Å². The van der Waals surface area contributed by atoms with Crippen molar-refractivity contribution in [3.8, 4) is 0 Å². The molecule has 9 heteroatoms. The van der Waals surface area contributed by atoms with Crippen molar-refractivity contribution in [3.05, 3.63) is 28.3 Å². The molecule has 0 bridgehead atoms. The van der Waals surface area contributed by atoms with Crippen LogP contribution in [0.1, 0.15) is 33.6 Å². The standard InChI is InChI=1S/C18H24N4O5/c1-18(2,3)27-17(23)21-8-4-5-12(11-21)10-19-16-20-14-9-13(22(24)25)6-7-15(14)26-16/h6-7,9,12H,4-5,8,10-11H2,1-3H3,(H,19,20). The minimum Gasteiger partial charge on any atom is -0.444 e. The Morgan fingerprint density at radius 1 is 1.48 bits per heavy atom. The fraction of sp³-hybridized carbons (Fsp3) is 0.556. The van der Waals surface area contributed by atoms with Gasteiger partial charge in [0.15, 0.2) is 5.58 Å². The number of likely N-dealkylation sites (tertiary alicyclic amines) is 1. The van der Waals surface area contributed by atoms with Crippen LogP contribution in [0.25, 0.3) is 11.1 Å². The number of ether oxygens (including phenoxy) is 1. The first-order chi connectivity index (χ1) is 12.7. The van der Waals surface area contributed by atoms with Crippen molar-refractivity contribution in [2.24, 2.45) is 5.92 Å². The first kappa shape index (κ1) is 18.9. The van der Waals surface area contributed by atoms with E-state index in [9.17, 15) is 14.9 Å². The highest BCUT2D eigenvalue weighted by Gasteiger charge is 2.27. The van der Waals surface area contributed by atoms with Crippen molar-refractivity contribution in [2.45, 2.75) is 39.2 Å². The quantitative estimate of drug-likeness (QED) is 0.638. The number of anilines is 1. The summed E-state index contributed by atoms with van der Waals surface area (Å²) in [6.07, 6.45) is 1.60. The van der Waals surface area contributed by atoms with Gasteiger partial charge in [-0.25, -0.2) is 4.79 Å². The average molecular weight is 376 g/mol. The SMILES string of the molecule is CC(C)(C)OC(=O)N1CCCC(CNc2nc3cc([N+](=O)[O-])ccc3o2)C1. The number of oxazole rings is 1. The molecule has 1 aliphatic heterocycles. The minimum atomic E-state index is -0.511. The smallest absolute Gasteiger partial charge is 0.410 e. The van der Waals surface area contributed by atoms with E-state index >= 15 is 0 Å². The molecule has 1 amide bonds. The second kappa shape index (κ2) is 7.42. The van der Waals surface area contributed by atoms with E-state index in [4.69, 9.17) is 9.15 Å². The van der Waals surface area contributed by atoms with Crippen molar-refractivity contribution >= 4 is 28.9 Å². The maximum absolute atomic E-state index is 12.2. The molecule has 3 rings (SSSR count). The molecule has 1 fully saturated rings. The number of aromatic nitrogens is 1. The largest absolute Gasteiger partial charge is 0.444 e. The molecule has 1 aliphatic rings. The average Bonchev–Trinajstić information content (AvgIpc) is 3.00. The fourth-order valence-electron chi connectivity index (χ4n) is 3.06. The molecule has 0 spiro atoms. The second-order valence-electron chi connectivity index (χ2n) is 7.74. The molecular formula is C18H24N4O5. The molecule has 2 aromatic rings. The summed E-state index contributed by atoms with van der Waals surface area (Å²) < 4.78 is 11.0. The van der Waals surface area contributed by atoms with Gasteiger partial charge in [0.2, 0.25) is 0 Å². The number of nitro groups is 1. The number of carbonyl (C=O) groups excluding carboxylic acids is 1. The Morgan fingerprint density at radius 2 is 2.26 bits per heavy atom. The predicted molar refractivity (Wildman–Crippen MR) is 99.7 cm³/mol. The Kier molecular flexibility index (Phi) is 5.20. The van der Waals surface area contributed by atoms with Crippen LogP contribution in [-0.4, -0.2) is 46.1 Å². The normalized spacial score (nSPS) is 17.7. The molecule has 0 radical (unpaired) electrons. The van der Waals surface area contributed by atoms with E-state index < -0.39 is 10.5 Å². The third-order valence-corrected chi connectivity index (χ3v) is 4.29. The Bertz CT molecular complexity index is 842. The highest BCUT2D eigenvalue weighted by atomic mass is 16.6. The van der Waals surface area contributed by atoms with Gasteiger partial charge in [-0.1, -0.05) is 0 Å². The number of nitro benzene ring substituents is 1. The summed E-state index contributed by atoms with van der Waals surface area (Å²) in [7, 11) is 0. The van der Waals surface area contributed by atoms with Gasteiger partial charge in [-0.3, -0.25) is 10.1 Å². The van der Waals surface area contributed by atoms with E-state index in [2.05, 4.69) is 10.3 Å². The van der Waals surface area contributed by atoms with E-state index in [-0.39, 0.29) is 17.7 Å². The molecule has 1 unspecified atom stereocenters. The molecular weight excluding hydrogens is 352 g/mol. The summed E-state index contributed by atoms with van der Waals surface area (Å²) in [5, 5.41) is 14.0. The lowest BCUT2D eigenvalue weighted by Gasteiger charge is -2.34. The number of nitrogens with one attached hydrogen (secondary N) is 1. The van der Waals surface area contributed by atoms with Crippen LogP contribution in [-0.2, 0) is 4.74 Å². The Labute approximate surface area is 156 Å². The zero-order valence-electron chi connectivity index (χ0n) is 15.7. The van der Waals surface area contributed by atoms with Gasteiger partial charge in [0, 0.05) is 31.8 Å². The van der Waals surface area contributed by atoms with Gasteiger partial charge in [0.25, 0.3) is 11.7 Å². The minimum absolute atomic E-state index is 0.0253. The molecule has 2 heterocycles. The van der Waals surface area contributed by atoms with E-state index in [0.717, 1.165) is 12.8 Å². The Morgan fingerprint density at radius 3 is 2.96 bits per heavy atom. The van der Waals surface area contributed by atoms with Gasteiger partial charge >= 0.3 is 6.09 Å². The van der Waals surface area contributed by atoms with Crippen LogP contribution in [0.2, 0.25) is 0 Å². The first-order valence-corrected chi connectivity index (χ1v) is 8.98. The number of benzene rings is 1. The van der Waals surface area contributed by atoms with Crippen molar-refractivity contribution in [2.75, 3.05) is 25.0 Å². The molecule has 1 aromatic carbocycles. The van der Waals surface area contributed by atoms with E-state index in [1.165, 1.54) is 18.2 Å². The number of rotatable bonds is 4. The van der Waals surface area contributed by atoms with E-state index in [1.54, 1.807) is 4.90 Å². The van der Waals surface area contributed by atoms with Gasteiger partial charge in [0.1, 0.15) is 11.1 Å². The highest BCUT2D eigenvalue weighted by molar-refractivity contribution is 5.77. The van der Waals surface area contributed by atoms with Crippen molar-refractivity contribution in [1.82, 2.24) is 9.88 Å². The van der Waals surface area contributed by atoms with Gasteiger partial charge in [-0.2, -0.15) is 4.98 Å². The Balaban J connectivity index is 1.58. The van der Waals surface area contributed by atoms with Gasteiger partial charge in [-0.05, 0) is 45.6 Å². The summed E-state index contributed by atoms with van der Waals surface area (Å²) in [5.41, 5.74) is 0.388. The molecule has 9 nitrogen and oxygen atoms in total. The lowest BCUT2D eigenvalue weighted by Crippen LogP contribution is -2.44. The van der Waals surface area contributed by atoms with Crippen molar-refractivity contribution in [1.29, 1.82) is 0 Å². The third-order valence-electron chi connectivity index (χ3n) is 4.29. The number of nitrogens with zero attached hydrogens (tertiary/aromatic N) is 3. The lowest BCUT2D eigenvalue weighted by molar-refractivity contribution is -0.384. The number of piperidine rings is 1. The fourth-order valence-corrected chi connectivity index (χ4v) is 3.06. The number of non-ortho nitro benzene ring substituents is 1. The van der Waals surface area contributed by atoms with Crippen LogP contribution in [0.3, 0.4) is 0 Å². The molecule has 0 saturated carbocycles. The van der Waals surface area contributed by atoms with Gasteiger partial charge in [0.05, 0.1) is 4.92 Å². The highest BCUT2D eigenvalue weighted by Crippen LogP contribution is 2.25. The van der Waals surface area contributed by atoms with Crippen LogP contribution in [0, 0.1) is 16.0 Å². The Hall–Kier alpha value is -2.84. The van der Waals surface area contributed by atoms with Crippen molar-refractivity contribution < 1.29 is 18.9 Å². The van der Waals surface area contributed by atoms with Crippen LogP contribution >= 0.6 is 0 Å². The van der Waals surface area contributed by atoms with Crippen LogP contribution in [0.15, 0.2) is 22.6 Å². The summed E-state index contributed by atoms with van der Waals surface area (Å²) in [6, 6.07) is 4.63. The summed E-state index contributed by atoms with van der Waals surface area (Å²) in [4.78, 5) is 28.6. The molecule has 1 atom stereocenters. The molecule has 27 heavy (non-hydrogen) atoms. The maximum Gasteiger partial charge on any atom is 0.410 e. The zero-order chi connectivity index (χ0) is 19.6. The molecule has 0 aliphatic carbocycles. The molecule has 146 valence electrons. The summed E-state index contributed by atoms with van der Waals surface area (Å²) in [5.74, 6) is 0.246. The number of carbonyl (C=O) groups is 1. The molecule has 1 N–H and O–H groups in total. The maximum atomic E-state index is 12.2. The number of fused-ring (bicyclic) bond motifs is 1. The third kappa shape index (κ3) is 4.87. The van der Waals surface area contributed by atoms with E-state index in [1.807, 2.05) is 20.8 Å². The van der Waals surface area contributed by atoms with E-state index in [0.29, 0.717) is 36.7 Å². The second-order valence-corrected chi connectivity index (χ2v) is 7.74. The molecule has 1 aromatic heterocycles. The first-order valence-electron chi connectivity index (χ1n) is 8.98. The topological polar surface area (TPSA) is 111 Å². The summed E-state index contributed by atoms with van der Waals surface area (Å²) >= 11 is 0. The molecule has 1 saturated heterocycles. The monoisotopic (exact) mass is 376 g/mol. The van der Waals surface area contributed by atoms with Crippen LogP contribution in [0.5, 0.6) is 0 Å². The van der Waals surface area contributed by atoms with Crippen LogP contribution in [0.4, 0.5) is 16.5 Å². The van der Waals surface area contributed by atoms with Crippen LogP contribution < -0.4 is 5.32 Å². The number of amides is 1. The summed E-state index contributed by atoms with van der Waals surface area (Å²) in [6.45, 7) is 7.45. The lowest BCUT2D eigenvalue weighted by atomic mass is 9.98. The predicted octanol–water partition coefficient (Wildman–Crippen LogP) is 3.80.